The highest BCUT2D eigenvalue weighted by Crippen LogP contribution is 2.17. The lowest BCUT2D eigenvalue weighted by Gasteiger charge is -2.29. The van der Waals surface area contributed by atoms with Crippen molar-refractivity contribution < 1.29 is 19.5 Å². The summed E-state index contributed by atoms with van der Waals surface area (Å²) in [4.78, 5) is 41.7. The number of amides is 2. The molecule has 8 N–H and O–H groups in total. The molecule has 0 aliphatic carbocycles. The van der Waals surface area contributed by atoms with Gasteiger partial charge in [0.1, 0.15) is 6.04 Å². The van der Waals surface area contributed by atoms with E-state index in [-0.39, 0.29) is 11.8 Å². The Morgan fingerprint density at radius 2 is 0.803 bits per heavy atom. The molecule has 0 bridgehead atoms. The largest absolute Gasteiger partial charge is 0.481 e. The second-order valence-corrected chi connectivity index (χ2v) is 18.3. The van der Waals surface area contributed by atoms with Gasteiger partial charge in [0.2, 0.25) is 11.8 Å². The number of carboxylic acids is 1. The predicted octanol–water partition coefficient (Wildman–Crippen LogP) is 11.3. The van der Waals surface area contributed by atoms with Crippen LogP contribution in [0.4, 0.5) is 0 Å². The summed E-state index contributed by atoms with van der Waals surface area (Å²) >= 11 is 0. The molecule has 2 unspecified atom stereocenters. The Morgan fingerprint density at radius 3 is 1.16 bits per heavy atom. The molecule has 0 radical (unpaired) electrons. The van der Waals surface area contributed by atoms with Gasteiger partial charge in [-0.1, -0.05) is 206 Å². The third-order valence-corrected chi connectivity index (χ3v) is 12.4. The van der Waals surface area contributed by atoms with Crippen molar-refractivity contribution in [2.24, 2.45) is 11.5 Å². The number of hydrogen-bond donors (Lipinski definition) is 6. The van der Waals surface area contributed by atoms with Crippen LogP contribution in [0.5, 0.6) is 0 Å². The zero-order valence-corrected chi connectivity index (χ0v) is 40.5. The molecule has 61 heavy (non-hydrogen) atoms. The van der Waals surface area contributed by atoms with Gasteiger partial charge >= 0.3 is 5.97 Å². The van der Waals surface area contributed by atoms with Crippen LogP contribution in [0.15, 0.2) is 0 Å². The molecule has 362 valence electrons. The average molecular weight is 865 g/mol. The molecule has 0 aromatic rings. The molecule has 0 aromatic heterocycles. The lowest BCUT2D eigenvalue weighted by atomic mass is 10.0. The summed E-state index contributed by atoms with van der Waals surface area (Å²) < 4.78 is 0. The van der Waals surface area contributed by atoms with Crippen LogP contribution in [0.2, 0.25) is 0 Å². The third-order valence-electron chi connectivity index (χ3n) is 12.4. The van der Waals surface area contributed by atoms with E-state index in [0.29, 0.717) is 39.1 Å². The number of aliphatic carboxylic acids is 1. The summed E-state index contributed by atoms with van der Waals surface area (Å²) in [7, 11) is 0. The number of carbonyl (C=O) groups excluding carboxylic acids is 2. The first-order valence-corrected chi connectivity index (χ1v) is 26.6. The van der Waals surface area contributed by atoms with E-state index in [2.05, 4.69) is 29.8 Å². The Balaban J connectivity index is 5.00. The van der Waals surface area contributed by atoms with Crippen molar-refractivity contribution in [3.05, 3.63) is 0 Å². The number of nitrogens with two attached hydrogens (primary N) is 2. The second-order valence-electron chi connectivity index (χ2n) is 18.3. The van der Waals surface area contributed by atoms with Crippen molar-refractivity contribution in [1.29, 1.82) is 0 Å². The maximum Gasteiger partial charge on any atom is 0.305 e. The number of carboxylic acid groups (broad SMARTS) is 1. The van der Waals surface area contributed by atoms with Crippen molar-refractivity contribution in [3.63, 3.8) is 0 Å². The fourth-order valence-corrected chi connectivity index (χ4v) is 8.39. The standard InChI is InChI=1S/C51H104N6O4/c1-3-5-7-9-11-13-15-17-19-21-23-25-27-29-31-33-44-57(45-34-32-30-28-26-24-22-20-18-16-14-12-10-8-6-4-2)51(61)48(46-49(58)59)56-50(60)47(55-43-37-40-53)38-35-41-54-42-36-39-52/h47-48,54-55H,3-46,52-53H2,1-2H3,(H,56,60)(H,58,59). The van der Waals surface area contributed by atoms with Crippen LogP contribution in [0.1, 0.15) is 251 Å². The van der Waals surface area contributed by atoms with Crippen LogP contribution in [0.25, 0.3) is 0 Å². The van der Waals surface area contributed by atoms with Crippen molar-refractivity contribution in [2.75, 3.05) is 45.8 Å². The SMILES string of the molecule is CCCCCCCCCCCCCCCCCCN(CCCCCCCCCCCCCCCCCC)C(=O)C(CC(=O)O)NC(=O)C(CCCNCCCN)NCCCN. The molecule has 2 atom stereocenters. The molecular formula is C51H104N6O4. The van der Waals surface area contributed by atoms with Crippen molar-refractivity contribution in [3.8, 4) is 0 Å². The van der Waals surface area contributed by atoms with E-state index >= 15 is 0 Å². The van der Waals surface area contributed by atoms with Gasteiger partial charge in [0.25, 0.3) is 0 Å². The topological polar surface area (TPSA) is 163 Å². The zero-order chi connectivity index (χ0) is 44.7. The van der Waals surface area contributed by atoms with Gasteiger partial charge < -0.3 is 37.4 Å². The summed E-state index contributed by atoms with van der Waals surface area (Å²) in [5.74, 6) is -1.66. The van der Waals surface area contributed by atoms with Gasteiger partial charge in [0, 0.05) is 13.1 Å². The first-order valence-electron chi connectivity index (χ1n) is 26.6. The molecule has 0 fully saturated rings. The highest BCUT2D eigenvalue weighted by Gasteiger charge is 2.30. The van der Waals surface area contributed by atoms with Crippen molar-refractivity contribution in [2.45, 2.75) is 264 Å². The lowest BCUT2D eigenvalue weighted by molar-refractivity contribution is -0.144. The number of carbonyl (C=O) groups is 3. The maximum atomic E-state index is 14.1. The summed E-state index contributed by atoms with van der Waals surface area (Å²) in [6, 6.07) is -1.62. The van der Waals surface area contributed by atoms with Gasteiger partial charge in [-0.2, -0.15) is 0 Å². The second kappa shape index (κ2) is 47.7. The van der Waals surface area contributed by atoms with Crippen LogP contribution < -0.4 is 27.4 Å². The normalized spacial score (nSPS) is 12.5. The molecule has 10 heteroatoms. The molecule has 0 saturated heterocycles. The van der Waals surface area contributed by atoms with Gasteiger partial charge in [0.05, 0.1) is 12.5 Å². The van der Waals surface area contributed by atoms with E-state index in [0.717, 1.165) is 70.9 Å². The molecule has 0 rings (SSSR count). The van der Waals surface area contributed by atoms with E-state index < -0.39 is 24.5 Å². The minimum atomic E-state index is -1.09. The van der Waals surface area contributed by atoms with E-state index in [4.69, 9.17) is 11.5 Å². The van der Waals surface area contributed by atoms with Gasteiger partial charge in [-0.3, -0.25) is 14.4 Å². The Labute approximate surface area is 377 Å². The van der Waals surface area contributed by atoms with Crippen LogP contribution in [0, 0.1) is 0 Å². The summed E-state index contributed by atoms with van der Waals surface area (Å²) in [5, 5.41) is 19.4. The van der Waals surface area contributed by atoms with Crippen molar-refractivity contribution >= 4 is 17.8 Å². The minimum Gasteiger partial charge on any atom is -0.481 e. The minimum absolute atomic E-state index is 0.262. The molecular weight excluding hydrogens is 761 g/mol. The molecule has 0 aliphatic rings. The summed E-state index contributed by atoms with van der Waals surface area (Å²) in [6.45, 7) is 9.08. The third kappa shape index (κ3) is 40.8. The Morgan fingerprint density at radius 1 is 0.459 bits per heavy atom. The molecule has 0 spiro atoms. The number of hydrogen-bond acceptors (Lipinski definition) is 7. The molecule has 0 heterocycles. The van der Waals surface area contributed by atoms with Crippen LogP contribution >= 0.6 is 0 Å². The highest BCUT2D eigenvalue weighted by molar-refractivity contribution is 5.92. The quantitative estimate of drug-likeness (QED) is 0.0329. The highest BCUT2D eigenvalue weighted by atomic mass is 16.4. The molecule has 0 aliphatic heterocycles. The zero-order valence-electron chi connectivity index (χ0n) is 40.5. The number of nitrogens with zero attached hydrogens (tertiary/aromatic N) is 1. The Kier molecular flexibility index (Phi) is 46.4. The smallest absolute Gasteiger partial charge is 0.305 e. The number of rotatable bonds is 50. The van der Waals surface area contributed by atoms with Crippen LogP contribution in [-0.4, -0.2) is 85.7 Å². The predicted molar refractivity (Wildman–Crippen MR) is 261 cm³/mol. The van der Waals surface area contributed by atoms with Gasteiger partial charge in [-0.25, -0.2) is 0 Å². The van der Waals surface area contributed by atoms with E-state index in [1.165, 1.54) is 167 Å². The lowest BCUT2D eigenvalue weighted by Crippen LogP contribution is -2.54. The van der Waals surface area contributed by atoms with Gasteiger partial charge in [-0.15, -0.1) is 0 Å². The molecule has 0 saturated carbocycles. The monoisotopic (exact) mass is 865 g/mol. The van der Waals surface area contributed by atoms with Gasteiger partial charge in [-0.05, 0) is 71.2 Å². The molecule has 2 amide bonds. The summed E-state index contributed by atoms with van der Waals surface area (Å²) in [5.41, 5.74) is 11.3. The maximum absolute atomic E-state index is 14.1. The van der Waals surface area contributed by atoms with Crippen molar-refractivity contribution in [1.82, 2.24) is 20.9 Å². The van der Waals surface area contributed by atoms with E-state index in [1.54, 1.807) is 0 Å². The number of nitrogens with one attached hydrogen (secondary N) is 3. The van der Waals surface area contributed by atoms with Crippen LogP contribution in [0.3, 0.4) is 0 Å². The Bertz CT molecular complexity index is 920. The average Bonchev–Trinajstić information content (AvgIpc) is 3.25. The van der Waals surface area contributed by atoms with Crippen LogP contribution in [-0.2, 0) is 14.4 Å². The van der Waals surface area contributed by atoms with E-state index in [9.17, 15) is 19.5 Å². The first-order chi connectivity index (χ1) is 29.9. The first kappa shape index (κ1) is 59.2. The fraction of sp³-hybridized carbons (Fsp3) is 0.941. The van der Waals surface area contributed by atoms with E-state index in [1.807, 2.05) is 4.90 Å². The summed E-state index contributed by atoms with van der Waals surface area (Å²) in [6.07, 6.45) is 43.9. The fourth-order valence-electron chi connectivity index (χ4n) is 8.39. The molecule has 0 aromatic carbocycles. The Hall–Kier alpha value is -1.75. The molecule has 10 nitrogen and oxygen atoms in total. The number of unbranched alkanes of at least 4 members (excludes halogenated alkanes) is 30. The van der Waals surface area contributed by atoms with Gasteiger partial charge in [0.15, 0.2) is 0 Å².